The van der Waals surface area contributed by atoms with E-state index in [4.69, 9.17) is 0 Å². The first-order valence-corrected chi connectivity index (χ1v) is 19.9. The maximum Gasteiger partial charge on any atom is 5.00 e. The summed E-state index contributed by atoms with van der Waals surface area (Å²) in [6.07, 6.45) is 0. The van der Waals surface area contributed by atoms with E-state index in [1.165, 1.54) is 60.7 Å². The number of carbonyl (C=O) groups excluding carboxylic acids is 5. The Kier molecular flexibility index (Phi) is 17.0. The predicted molar refractivity (Wildman–Crippen MR) is 239 cm³/mol. The molecule has 10 rings (SSSR count). The smallest absolute Gasteiger partial charge is 0.543 e. The first-order valence-electron chi connectivity index (χ1n) is 19.9. The van der Waals surface area contributed by atoms with Crippen molar-refractivity contribution in [2.75, 3.05) is 0 Å². The zero-order chi connectivity index (χ0) is 50.6. The summed E-state index contributed by atoms with van der Waals surface area (Å²) in [6.45, 7) is 0. The predicted octanol–water partition coefficient (Wildman–Crippen LogP) is 1.52. The van der Waals surface area contributed by atoms with Gasteiger partial charge in [0.2, 0.25) is 0 Å². The Balaban J connectivity index is 0.000000164. The van der Waals surface area contributed by atoms with Crippen molar-refractivity contribution in [1.29, 1.82) is 0 Å². The van der Waals surface area contributed by atoms with E-state index in [1.807, 2.05) is 0 Å². The van der Waals surface area contributed by atoms with Gasteiger partial charge in [0.25, 0.3) is 0 Å². The van der Waals surface area contributed by atoms with Crippen molar-refractivity contribution in [1.82, 2.24) is 24.9 Å². The number of aromatic nitrogens is 5. The molecule has 71 heavy (non-hydrogen) atoms. The van der Waals surface area contributed by atoms with E-state index in [9.17, 15) is 75.0 Å². The largest absolute Gasteiger partial charge is 5.00 e. The summed E-state index contributed by atoms with van der Waals surface area (Å²) in [7, 11) is 0. The van der Waals surface area contributed by atoms with Crippen LogP contribution in [0.15, 0.2) is 152 Å². The van der Waals surface area contributed by atoms with Gasteiger partial charge in [0, 0.05) is 26.9 Å². The molecule has 0 radical (unpaired) electrons. The van der Waals surface area contributed by atoms with Gasteiger partial charge >= 0.3 is 18.6 Å². The van der Waals surface area contributed by atoms with Gasteiger partial charge in [-0.15, -0.1) is 0 Å². The second-order valence-electron chi connectivity index (χ2n) is 14.2. The fourth-order valence-corrected chi connectivity index (χ4v) is 6.23. The Hall–Kier alpha value is -9.92. The van der Waals surface area contributed by atoms with Gasteiger partial charge in [-0.1, -0.05) is 91.0 Å². The number of pyridine rings is 5. The van der Waals surface area contributed by atoms with Gasteiger partial charge in [-0.2, -0.15) is 0 Å². The molecule has 0 bridgehead atoms. The van der Waals surface area contributed by atoms with Crippen molar-refractivity contribution in [3.8, 4) is 28.7 Å². The second-order valence-corrected chi connectivity index (χ2v) is 14.2. The summed E-state index contributed by atoms with van der Waals surface area (Å²) in [6, 6.07) is 38.9. The first-order chi connectivity index (χ1) is 33.4. The summed E-state index contributed by atoms with van der Waals surface area (Å²) in [5, 5.41) is 103. The Morgan fingerprint density at radius 1 is 0.268 bits per heavy atom. The molecule has 5 heterocycles. The van der Waals surface area contributed by atoms with Crippen LogP contribution in [0.3, 0.4) is 0 Å². The van der Waals surface area contributed by atoms with Gasteiger partial charge in [0.1, 0.15) is 56.3 Å². The van der Waals surface area contributed by atoms with E-state index in [0.717, 1.165) is 0 Å². The van der Waals surface area contributed by atoms with Crippen LogP contribution in [0.5, 0.6) is 28.7 Å². The molecular formula is C50H30N5O15V. The van der Waals surface area contributed by atoms with Gasteiger partial charge in [-0.05, 0) is 60.7 Å². The number of nitrogens with zero attached hydrogens (tertiary/aromatic N) is 5. The topological polar surface area (TPSA) is 366 Å². The molecule has 10 aromatic rings. The van der Waals surface area contributed by atoms with Crippen LogP contribution < -0.4 is 25.5 Å². The van der Waals surface area contributed by atoms with E-state index in [0.29, 0.717) is 26.9 Å². The zero-order valence-electron chi connectivity index (χ0n) is 35.9. The van der Waals surface area contributed by atoms with Gasteiger partial charge in [0.05, 0.1) is 58.3 Å². The minimum atomic E-state index is -1.35. The molecule has 0 saturated carbocycles. The standard InChI is InChI=1S/5C10H7NO3.V/c5*12-8-3-1-2-6-4-5-7(10(13)14)11-9(6)8;/h5*1-5,12H,(H,13,14);/q;;;;;+5/p-5. The molecule has 5 aromatic heterocycles. The summed E-state index contributed by atoms with van der Waals surface area (Å²) >= 11 is 0. The zero-order valence-corrected chi connectivity index (χ0v) is 37.3. The number of para-hydroxylation sites is 5. The van der Waals surface area contributed by atoms with Crippen LogP contribution in [0.4, 0.5) is 0 Å². The van der Waals surface area contributed by atoms with E-state index < -0.39 is 29.8 Å². The van der Waals surface area contributed by atoms with E-state index >= 15 is 0 Å². The average molecular weight is 992 g/mol. The molecule has 5 N–H and O–H groups in total. The molecule has 0 fully saturated rings. The number of rotatable bonds is 5. The van der Waals surface area contributed by atoms with Crippen molar-refractivity contribution < 1.29 is 93.6 Å². The SMILES string of the molecule is O=C([O-])c1ccc2cccc(O)c2n1.O=C([O-])c1ccc2cccc(O)c2n1.O=C([O-])c1ccc2cccc(O)c2n1.O=C([O-])c1ccc2cccc(O)c2n1.O=C([O-])c1ccc2cccc(O)c2n1.[V+5]. The number of aromatic hydroxyl groups is 5. The number of carboxylic acid groups (broad SMARTS) is 5. The van der Waals surface area contributed by atoms with E-state index in [-0.39, 0.29) is 103 Å². The third-order valence-corrected chi connectivity index (χ3v) is 9.54. The van der Waals surface area contributed by atoms with Crippen LogP contribution in [0.2, 0.25) is 0 Å². The van der Waals surface area contributed by atoms with E-state index in [2.05, 4.69) is 24.9 Å². The minimum Gasteiger partial charge on any atom is -0.543 e. The molecule has 5 aromatic carbocycles. The number of carbonyl (C=O) groups is 5. The number of carboxylic acids is 5. The summed E-state index contributed by atoms with van der Waals surface area (Å²) in [5.74, 6) is -6.94. The van der Waals surface area contributed by atoms with Crippen molar-refractivity contribution in [3.05, 3.63) is 180 Å². The maximum atomic E-state index is 10.5. The number of benzene rings is 5. The van der Waals surface area contributed by atoms with Crippen molar-refractivity contribution >= 4 is 84.4 Å². The Labute approximate surface area is 410 Å². The van der Waals surface area contributed by atoms with Crippen molar-refractivity contribution in [3.63, 3.8) is 0 Å². The molecule has 0 spiro atoms. The average Bonchev–Trinajstić information content (AvgIpc) is 3.35. The molecular weight excluding hydrogens is 962 g/mol. The van der Waals surface area contributed by atoms with Crippen molar-refractivity contribution in [2.24, 2.45) is 0 Å². The van der Waals surface area contributed by atoms with Crippen LogP contribution in [0.25, 0.3) is 54.5 Å². The van der Waals surface area contributed by atoms with E-state index in [1.54, 1.807) is 91.0 Å². The molecule has 0 amide bonds. The number of aromatic carboxylic acids is 5. The third-order valence-electron chi connectivity index (χ3n) is 9.54. The first kappa shape index (κ1) is 52.1. The molecule has 0 aliphatic rings. The summed E-state index contributed by atoms with van der Waals surface area (Å²) in [5.41, 5.74) is 0.455. The quantitative estimate of drug-likeness (QED) is 0.163. The molecule has 350 valence electrons. The number of hydrogen-bond donors (Lipinski definition) is 5. The van der Waals surface area contributed by atoms with Crippen LogP contribution in [-0.2, 0) is 18.6 Å². The number of hydrogen-bond acceptors (Lipinski definition) is 20. The maximum absolute atomic E-state index is 10.5. The van der Waals surface area contributed by atoms with Gasteiger partial charge in [0.15, 0.2) is 0 Å². The monoisotopic (exact) mass is 991 g/mol. The van der Waals surface area contributed by atoms with Gasteiger partial charge in [-0.3, -0.25) is 0 Å². The van der Waals surface area contributed by atoms with Gasteiger partial charge in [-0.25, -0.2) is 24.9 Å². The van der Waals surface area contributed by atoms with Gasteiger partial charge < -0.3 is 75.0 Å². The molecule has 0 saturated heterocycles. The molecule has 21 heteroatoms. The molecule has 0 atom stereocenters. The number of fused-ring (bicyclic) bond motifs is 5. The third kappa shape index (κ3) is 13.0. The number of phenolic OH excluding ortho intramolecular Hbond substituents is 5. The fourth-order valence-electron chi connectivity index (χ4n) is 6.23. The Morgan fingerprint density at radius 2 is 0.423 bits per heavy atom. The normalized spacial score (nSPS) is 10.1. The molecule has 0 unspecified atom stereocenters. The molecule has 20 nitrogen and oxygen atoms in total. The molecule has 0 aliphatic heterocycles. The Morgan fingerprint density at radius 3 is 0.563 bits per heavy atom. The molecule has 0 aliphatic carbocycles. The van der Waals surface area contributed by atoms with Crippen LogP contribution >= 0.6 is 0 Å². The fraction of sp³-hybridized carbons (Fsp3) is 0. The Bertz CT molecular complexity index is 3100. The second kappa shape index (κ2) is 23.2. The summed E-state index contributed by atoms with van der Waals surface area (Å²) < 4.78 is 0. The summed E-state index contributed by atoms with van der Waals surface area (Å²) in [4.78, 5) is 71.3. The van der Waals surface area contributed by atoms with Crippen molar-refractivity contribution in [2.45, 2.75) is 0 Å². The van der Waals surface area contributed by atoms with Crippen LogP contribution in [0, 0.1) is 0 Å². The van der Waals surface area contributed by atoms with Crippen LogP contribution in [-0.4, -0.2) is 80.3 Å². The van der Waals surface area contributed by atoms with Crippen LogP contribution in [0.1, 0.15) is 52.4 Å². The minimum absolute atomic E-state index is 0. The number of phenols is 5.